The first-order valence-electron chi connectivity index (χ1n) is 10.0. The van der Waals surface area contributed by atoms with Crippen LogP contribution in [0.1, 0.15) is 38.7 Å². The second-order valence-corrected chi connectivity index (χ2v) is 7.56. The fourth-order valence-electron chi connectivity index (χ4n) is 3.89. The SMILES string of the molecule is COC(=O)c1ccc([C@H]2C(c3ccc(C)cc3)=C(O)C(=O)N2Cc2ccccc2)cc1. The summed E-state index contributed by atoms with van der Waals surface area (Å²) in [6.07, 6.45) is 0. The van der Waals surface area contributed by atoms with E-state index in [9.17, 15) is 14.7 Å². The molecule has 3 aromatic rings. The molecule has 0 radical (unpaired) electrons. The third kappa shape index (κ3) is 3.94. The molecular formula is C26H23NO4. The van der Waals surface area contributed by atoms with Gasteiger partial charge in [0.25, 0.3) is 5.91 Å². The Hall–Kier alpha value is -3.86. The summed E-state index contributed by atoms with van der Waals surface area (Å²) in [5, 5.41) is 10.9. The highest BCUT2D eigenvalue weighted by Crippen LogP contribution is 2.43. The van der Waals surface area contributed by atoms with Gasteiger partial charge in [0.2, 0.25) is 0 Å². The lowest BCUT2D eigenvalue weighted by atomic mass is 9.92. The van der Waals surface area contributed by atoms with Gasteiger partial charge in [0.15, 0.2) is 5.76 Å². The molecule has 0 fully saturated rings. The van der Waals surface area contributed by atoms with Crippen molar-refractivity contribution in [3.63, 3.8) is 0 Å². The minimum atomic E-state index is -0.484. The van der Waals surface area contributed by atoms with E-state index >= 15 is 0 Å². The van der Waals surface area contributed by atoms with E-state index in [0.29, 0.717) is 17.7 Å². The average molecular weight is 413 g/mol. The Kier molecular flexibility index (Phi) is 5.58. The summed E-state index contributed by atoms with van der Waals surface area (Å²) in [5.74, 6) is -1.09. The third-order valence-corrected chi connectivity index (χ3v) is 5.51. The molecule has 4 rings (SSSR count). The molecule has 0 saturated heterocycles. The minimum absolute atomic E-state index is 0.248. The second-order valence-electron chi connectivity index (χ2n) is 7.56. The van der Waals surface area contributed by atoms with Crippen LogP contribution in [0, 0.1) is 6.92 Å². The highest BCUT2D eigenvalue weighted by molar-refractivity contribution is 6.05. The molecule has 5 heteroatoms. The molecule has 1 amide bonds. The summed E-state index contributed by atoms with van der Waals surface area (Å²) in [6, 6.07) is 23.9. The molecule has 0 bridgehead atoms. The first-order chi connectivity index (χ1) is 15.0. The molecule has 1 aliphatic rings. The van der Waals surface area contributed by atoms with Gasteiger partial charge in [-0.2, -0.15) is 0 Å². The highest BCUT2D eigenvalue weighted by atomic mass is 16.5. The molecule has 0 aliphatic carbocycles. The van der Waals surface area contributed by atoms with Crippen LogP contribution in [0.4, 0.5) is 0 Å². The molecule has 1 heterocycles. The number of carbonyl (C=O) groups excluding carboxylic acids is 2. The van der Waals surface area contributed by atoms with Crippen LogP contribution in [0.2, 0.25) is 0 Å². The van der Waals surface area contributed by atoms with Crippen LogP contribution in [-0.4, -0.2) is 29.0 Å². The molecule has 1 aliphatic heterocycles. The zero-order chi connectivity index (χ0) is 22.0. The second kappa shape index (κ2) is 8.48. The van der Waals surface area contributed by atoms with Crippen molar-refractivity contribution >= 4 is 17.4 Å². The highest BCUT2D eigenvalue weighted by Gasteiger charge is 2.41. The topological polar surface area (TPSA) is 66.8 Å². The number of carbonyl (C=O) groups is 2. The van der Waals surface area contributed by atoms with Gasteiger partial charge in [-0.05, 0) is 35.7 Å². The largest absolute Gasteiger partial charge is 0.503 e. The number of esters is 1. The van der Waals surface area contributed by atoms with E-state index in [2.05, 4.69) is 0 Å². The van der Waals surface area contributed by atoms with Gasteiger partial charge in [0, 0.05) is 12.1 Å². The van der Waals surface area contributed by atoms with Crippen molar-refractivity contribution in [3.05, 3.63) is 112 Å². The van der Waals surface area contributed by atoms with Gasteiger partial charge in [-0.3, -0.25) is 4.79 Å². The summed E-state index contributed by atoms with van der Waals surface area (Å²) in [7, 11) is 1.34. The number of hydrogen-bond donors (Lipinski definition) is 1. The van der Waals surface area contributed by atoms with Crippen molar-refractivity contribution in [1.29, 1.82) is 0 Å². The number of ether oxygens (including phenoxy) is 1. The normalized spacial score (nSPS) is 16.0. The van der Waals surface area contributed by atoms with E-state index in [0.717, 1.165) is 22.3 Å². The number of aryl methyl sites for hydroxylation is 1. The molecule has 1 atom stereocenters. The number of amides is 1. The molecular weight excluding hydrogens is 390 g/mol. The standard InChI is InChI=1S/C26H23NO4/c1-17-8-10-19(11-9-17)22-23(20-12-14-21(15-13-20)26(30)31-2)27(25(29)24(22)28)16-18-6-4-3-5-7-18/h3-15,23,28H,16H2,1-2H3/t23-/m0/s1. The van der Waals surface area contributed by atoms with Crippen molar-refractivity contribution in [2.24, 2.45) is 0 Å². The molecule has 0 saturated carbocycles. The van der Waals surface area contributed by atoms with Crippen molar-refractivity contribution in [3.8, 4) is 0 Å². The monoisotopic (exact) mass is 413 g/mol. The zero-order valence-corrected chi connectivity index (χ0v) is 17.4. The molecule has 156 valence electrons. The van der Waals surface area contributed by atoms with Gasteiger partial charge >= 0.3 is 5.97 Å². The smallest absolute Gasteiger partial charge is 0.337 e. The lowest BCUT2D eigenvalue weighted by Crippen LogP contribution is -2.29. The molecule has 31 heavy (non-hydrogen) atoms. The Balaban J connectivity index is 1.79. The number of aliphatic hydroxyl groups is 1. The predicted octanol–water partition coefficient (Wildman–Crippen LogP) is 4.83. The van der Waals surface area contributed by atoms with Crippen LogP contribution in [0.5, 0.6) is 0 Å². The van der Waals surface area contributed by atoms with Crippen LogP contribution in [0.3, 0.4) is 0 Å². The number of aliphatic hydroxyl groups excluding tert-OH is 1. The van der Waals surface area contributed by atoms with Crippen LogP contribution in [-0.2, 0) is 16.1 Å². The number of rotatable bonds is 5. The van der Waals surface area contributed by atoms with Crippen LogP contribution in [0.15, 0.2) is 84.6 Å². The first-order valence-corrected chi connectivity index (χ1v) is 10.0. The maximum atomic E-state index is 13.1. The third-order valence-electron chi connectivity index (χ3n) is 5.51. The van der Waals surface area contributed by atoms with Crippen LogP contribution in [0.25, 0.3) is 5.57 Å². The maximum Gasteiger partial charge on any atom is 0.337 e. The maximum absolute atomic E-state index is 13.1. The van der Waals surface area contributed by atoms with Gasteiger partial charge in [0.1, 0.15) is 0 Å². The van der Waals surface area contributed by atoms with E-state index < -0.39 is 17.9 Å². The molecule has 1 N–H and O–H groups in total. The Morgan fingerprint density at radius 1 is 0.968 bits per heavy atom. The van der Waals surface area contributed by atoms with Crippen molar-refractivity contribution in [1.82, 2.24) is 4.90 Å². The molecule has 3 aromatic carbocycles. The summed E-state index contributed by atoms with van der Waals surface area (Å²) in [4.78, 5) is 26.6. The van der Waals surface area contributed by atoms with E-state index in [1.54, 1.807) is 29.2 Å². The van der Waals surface area contributed by atoms with Gasteiger partial charge in [-0.1, -0.05) is 72.3 Å². The van der Waals surface area contributed by atoms with E-state index in [4.69, 9.17) is 4.74 Å². The van der Waals surface area contributed by atoms with Crippen molar-refractivity contribution < 1.29 is 19.4 Å². The lowest BCUT2D eigenvalue weighted by Gasteiger charge is -2.27. The first kappa shape index (κ1) is 20.4. The summed E-state index contributed by atoms with van der Waals surface area (Å²) < 4.78 is 4.78. The van der Waals surface area contributed by atoms with E-state index in [1.807, 2.05) is 61.5 Å². The molecule has 0 spiro atoms. The quantitative estimate of drug-likeness (QED) is 0.608. The Morgan fingerprint density at radius 3 is 2.23 bits per heavy atom. The van der Waals surface area contributed by atoms with Crippen LogP contribution < -0.4 is 0 Å². The van der Waals surface area contributed by atoms with Crippen molar-refractivity contribution in [2.45, 2.75) is 19.5 Å². The number of nitrogens with zero attached hydrogens (tertiary/aromatic N) is 1. The van der Waals surface area contributed by atoms with Gasteiger partial charge < -0.3 is 14.7 Å². The molecule has 0 aromatic heterocycles. The number of hydrogen-bond acceptors (Lipinski definition) is 4. The summed E-state index contributed by atoms with van der Waals surface area (Å²) in [6.45, 7) is 2.34. The number of benzene rings is 3. The molecule has 0 unspecified atom stereocenters. The lowest BCUT2D eigenvalue weighted by molar-refractivity contribution is -0.130. The summed E-state index contributed by atoms with van der Waals surface area (Å²) in [5.41, 5.74) is 4.63. The van der Waals surface area contributed by atoms with Gasteiger partial charge in [-0.25, -0.2) is 4.79 Å². The molecule has 5 nitrogen and oxygen atoms in total. The zero-order valence-electron chi connectivity index (χ0n) is 17.4. The van der Waals surface area contributed by atoms with E-state index in [1.165, 1.54) is 7.11 Å². The Bertz CT molecular complexity index is 1130. The van der Waals surface area contributed by atoms with Crippen molar-refractivity contribution in [2.75, 3.05) is 7.11 Å². The average Bonchev–Trinajstić information content (AvgIpc) is 3.05. The fraction of sp³-hybridized carbons (Fsp3) is 0.154. The van der Waals surface area contributed by atoms with Gasteiger partial charge in [0.05, 0.1) is 18.7 Å². The Labute approximate surface area is 181 Å². The minimum Gasteiger partial charge on any atom is -0.503 e. The number of methoxy groups -OCH3 is 1. The predicted molar refractivity (Wildman–Crippen MR) is 118 cm³/mol. The van der Waals surface area contributed by atoms with E-state index in [-0.39, 0.29) is 5.76 Å². The Morgan fingerprint density at radius 2 is 1.61 bits per heavy atom. The van der Waals surface area contributed by atoms with Crippen LogP contribution >= 0.6 is 0 Å². The summed E-state index contributed by atoms with van der Waals surface area (Å²) >= 11 is 0. The van der Waals surface area contributed by atoms with Gasteiger partial charge in [-0.15, -0.1) is 0 Å². The fourth-order valence-corrected chi connectivity index (χ4v) is 3.89.